The normalized spacial score (nSPS) is 15.1. The van der Waals surface area contributed by atoms with Crippen LogP contribution in [0.1, 0.15) is 18.1 Å². The van der Waals surface area contributed by atoms with Crippen molar-refractivity contribution in [3.63, 3.8) is 0 Å². The van der Waals surface area contributed by atoms with Gasteiger partial charge in [0, 0.05) is 6.54 Å². The second-order valence-electron chi connectivity index (χ2n) is 6.36. The standard InChI is InChI=1S/C22H22N2O3S2/c1-2-27-18-10-8-17(9-11-18)14-19-21(26)24(22(28)29-19)15-20(25)23-13-12-16-6-4-3-5-7-16/h3-11,14H,2,12-13,15H2,1H3,(H,23,25)/b19-14-. The summed E-state index contributed by atoms with van der Waals surface area (Å²) in [4.78, 5) is 26.8. The highest BCUT2D eigenvalue weighted by molar-refractivity contribution is 8.26. The summed E-state index contributed by atoms with van der Waals surface area (Å²) in [6, 6.07) is 17.4. The molecule has 7 heteroatoms. The van der Waals surface area contributed by atoms with E-state index in [2.05, 4.69) is 5.32 Å². The molecule has 150 valence electrons. The van der Waals surface area contributed by atoms with Crippen molar-refractivity contribution in [1.82, 2.24) is 10.2 Å². The highest BCUT2D eigenvalue weighted by atomic mass is 32.2. The van der Waals surface area contributed by atoms with Crippen LogP contribution in [0.2, 0.25) is 0 Å². The lowest BCUT2D eigenvalue weighted by Crippen LogP contribution is -2.40. The molecule has 0 saturated carbocycles. The van der Waals surface area contributed by atoms with Gasteiger partial charge in [-0.15, -0.1) is 0 Å². The van der Waals surface area contributed by atoms with Crippen molar-refractivity contribution in [3.05, 3.63) is 70.6 Å². The number of hydrogen-bond donors (Lipinski definition) is 1. The van der Waals surface area contributed by atoms with Crippen LogP contribution in [-0.4, -0.2) is 40.7 Å². The lowest BCUT2D eigenvalue weighted by atomic mass is 10.1. The number of nitrogens with zero attached hydrogens (tertiary/aromatic N) is 1. The molecule has 0 aromatic heterocycles. The molecule has 1 saturated heterocycles. The molecule has 2 aromatic rings. The van der Waals surface area contributed by atoms with E-state index in [4.69, 9.17) is 17.0 Å². The highest BCUT2D eigenvalue weighted by Gasteiger charge is 2.33. The molecule has 1 aliphatic heterocycles. The number of rotatable bonds is 8. The molecule has 2 aromatic carbocycles. The molecular weight excluding hydrogens is 404 g/mol. The summed E-state index contributed by atoms with van der Waals surface area (Å²) in [5, 5.41) is 2.85. The van der Waals surface area contributed by atoms with E-state index in [9.17, 15) is 9.59 Å². The Bertz CT molecular complexity index is 911. The average Bonchev–Trinajstić information content (AvgIpc) is 2.98. The van der Waals surface area contributed by atoms with Gasteiger partial charge >= 0.3 is 0 Å². The van der Waals surface area contributed by atoms with E-state index >= 15 is 0 Å². The Hall–Kier alpha value is -2.64. The molecule has 1 heterocycles. The van der Waals surface area contributed by atoms with Crippen LogP contribution < -0.4 is 10.1 Å². The van der Waals surface area contributed by atoms with Gasteiger partial charge in [-0.3, -0.25) is 14.5 Å². The molecule has 0 atom stereocenters. The van der Waals surface area contributed by atoms with E-state index < -0.39 is 0 Å². The summed E-state index contributed by atoms with van der Waals surface area (Å²) in [7, 11) is 0. The number of carbonyl (C=O) groups excluding carboxylic acids is 2. The molecular formula is C22H22N2O3S2. The van der Waals surface area contributed by atoms with Crippen LogP contribution in [0.3, 0.4) is 0 Å². The SMILES string of the molecule is CCOc1ccc(/C=C2\SC(=S)N(CC(=O)NCCc3ccccc3)C2=O)cc1. The van der Waals surface area contributed by atoms with Crippen LogP contribution >= 0.6 is 24.0 Å². The Balaban J connectivity index is 1.54. The van der Waals surface area contributed by atoms with Gasteiger partial charge in [0.1, 0.15) is 16.6 Å². The first-order valence-electron chi connectivity index (χ1n) is 9.35. The molecule has 0 unspecified atom stereocenters. The van der Waals surface area contributed by atoms with Crippen molar-refractivity contribution in [2.45, 2.75) is 13.3 Å². The number of benzene rings is 2. The molecule has 1 N–H and O–H groups in total. The van der Waals surface area contributed by atoms with E-state index in [1.54, 1.807) is 6.08 Å². The fraction of sp³-hybridized carbons (Fsp3) is 0.227. The van der Waals surface area contributed by atoms with Gasteiger partial charge in [0.15, 0.2) is 0 Å². The Morgan fingerprint density at radius 2 is 1.90 bits per heavy atom. The topological polar surface area (TPSA) is 58.6 Å². The van der Waals surface area contributed by atoms with Crippen LogP contribution in [0.5, 0.6) is 5.75 Å². The Kier molecular flexibility index (Phi) is 7.43. The van der Waals surface area contributed by atoms with E-state index in [1.807, 2.05) is 61.5 Å². The van der Waals surface area contributed by atoms with Gasteiger partial charge in [0.05, 0.1) is 11.5 Å². The zero-order chi connectivity index (χ0) is 20.6. The van der Waals surface area contributed by atoms with Crippen LogP contribution in [0.4, 0.5) is 0 Å². The third kappa shape index (κ3) is 5.92. The quantitative estimate of drug-likeness (QED) is 0.516. The largest absolute Gasteiger partial charge is 0.494 e. The predicted molar refractivity (Wildman–Crippen MR) is 121 cm³/mol. The number of hydrogen-bond acceptors (Lipinski definition) is 5. The van der Waals surface area contributed by atoms with Gasteiger partial charge in [0.2, 0.25) is 5.91 Å². The first-order chi connectivity index (χ1) is 14.1. The van der Waals surface area contributed by atoms with Crippen LogP contribution in [0.15, 0.2) is 59.5 Å². The zero-order valence-electron chi connectivity index (χ0n) is 16.1. The Labute approximate surface area is 180 Å². The van der Waals surface area contributed by atoms with Gasteiger partial charge < -0.3 is 10.1 Å². The minimum atomic E-state index is -0.243. The monoisotopic (exact) mass is 426 g/mol. The molecule has 3 rings (SSSR count). The van der Waals surface area contributed by atoms with Gasteiger partial charge in [-0.2, -0.15) is 0 Å². The second kappa shape index (κ2) is 10.2. The fourth-order valence-corrected chi connectivity index (χ4v) is 4.06. The Morgan fingerprint density at radius 1 is 1.17 bits per heavy atom. The molecule has 1 aliphatic rings. The molecule has 2 amide bonds. The molecule has 1 fully saturated rings. The van der Waals surface area contributed by atoms with Crippen LogP contribution in [-0.2, 0) is 16.0 Å². The molecule has 0 spiro atoms. The van der Waals surface area contributed by atoms with E-state index in [-0.39, 0.29) is 18.4 Å². The summed E-state index contributed by atoms with van der Waals surface area (Å²) in [6.07, 6.45) is 2.52. The van der Waals surface area contributed by atoms with E-state index in [0.717, 1.165) is 23.3 Å². The minimum Gasteiger partial charge on any atom is -0.494 e. The smallest absolute Gasteiger partial charge is 0.266 e. The van der Waals surface area contributed by atoms with E-state index in [0.29, 0.717) is 22.4 Å². The number of nitrogens with one attached hydrogen (secondary N) is 1. The zero-order valence-corrected chi connectivity index (χ0v) is 17.7. The van der Waals surface area contributed by atoms with Crippen molar-refractivity contribution < 1.29 is 14.3 Å². The number of thioether (sulfide) groups is 1. The number of amides is 2. The number of carbonyl (C=O) groups is 2. The number of ether oxygens (including phenoxy) is 1. The molecule has 0 aliphatic carbocycles. The van der Waals surface area contributed by atoms with Gasteiger partial charge in [-0.05, 0) is 42.7 Å². The summed E-state index contributed by atoms with van der Waals surface area (Å²) in [5.41, 5.74) is 2.03. The summed E-state index contributed by atoms with van der Waals surface area (Å²) >= 11 is 6.51. The minimum absolute atomic E-state index is 0.0694. The molecule has 0 bridgehead atoms. The highest BCUT2D eigenvalue weighted by Crippen LogP contribution is 2.32. The Morgan fingerprint density at radius 3 is 2.59 bits per heavy atom. The first-order valence-corrected chi connectivity index (χ1v) is 10.6. The van der Waals surface area contributed by atoms with Gasteiger partial charge in [-0.1, -0.05) is 66.4 Å². The maximum absolute atomic E-state index is 12.7. The molecule has 0 radical (unpaired) electrons. The predicted octanol–water partition coefficient (Wildman–Crippen LogP) is 3.65. The average molecular weight is 427 g/mol. The lowest BCUT2D eigenvalue weighted by Gasteiger charge is -2.14. The summed E-state index contributed by atoms with van der Waals surface area (Å²) in [6.45, 7) is 2.97. The first kappa shape index (κ1) is 21.1. The second-order valence-corrected chi connectivity index (χ2v) is 8.03. The van der Waals surface area contributed by atoms with Crippen LogP contribution in [0.25, 0.3) is 6.08 Å². The van der Waals surface area contributed by atoms with Gasteiger partial charge in [0.25, 0.3) is 5.91 Å². The van der Waals surface area contributed by atoms with Crippen molar-refractivity contribution in [1.29, 1.82) is 0 Å². The fourth-order valence-electron chi connectivity index (χ4n) is 2.81. The summed E-state index contributed by atoms with van der Waals surface area (Å²) < 4.78 is 5.82. The third-order valence-corrected chi connectivity index (χ3v) is 5.62. The lowest BCUT2D eigenvalue weighted by molar-refractivity contribution is -0.128. The third-order valence-electron chi connectivity index (χ3n) is 4.24. The molecule has 5 nitrogen and oxygen atoms in total. The van der Waals surface area contributed by atoms with Crippen LogP contribution in [0, 0.1) is 0 Å². The van der Waals surface area contributed by atoms with Crippen molar-refractivity contribution in [3.8, 4) is 5.75 Å². The van der Waals surface area contributed by atoms with Gasteiger partial charge in [-0.25, -0.2) is 0 Å². The van der Waals surface area contributed by atoms with Crippen molar-refractivity contribution >= 4 is 46.2 Å². The molecule has 29 heavy (non-hydrogen) atoms. The van der Waals surface area contributed by atoms with E-state index in [1.165, 1.54) is 16.7 Å². The number of thiocarbonyl (C=S) groups is 1. The maximum Gasteiger partial charge on any atom is 0.266 e. The maximum atomic E-state index is 12.7. The van der Waals surface area contributed by atoms with Crippen molar-refractivity contribution in [2.24, 2.45) is 0 Å². The van der Waals surface area contributed by atoms with Crippen molar-refractivity contribution in [2.75, 3.05) is 19.7 Å². The summed E-state index contributed by atoms with van der Waals surface area (Å²) in [5.74, 6) is 0.316.